The second kappa shape index (κ2) is 3.95. The SMILES string of the molecule is CS(=O)(=O)c1cc(F)c(S(=O)[O-])c(F)c1. The zero-order chi connectivity index (χ0) is 11.8. The summed E-state index contributed by atoms with van der Waals surface area (Å²) in [6.45, 7) is 0. The van der Waals surface area contributed by atoms with Gasteiger partial charge in [0.25, 0.3) is 0 Å². The van der Waals surface area contributed by atoms with Crippen molar-refractivity contribution in [2.45, 2.75) is 9.79 Å². The van der Waals surface area contributed by atoms with Crippen LogP contribution in [0.3, 0.4) is 0 Å². The summed E-state index contributed by atoms with van der Waals surface area (Å²) >= 11 is -3.08. The maximum Gasteiger partial charge on any atom is 0.175 e. The van der Waals surface area contributed by atoms with Crippen molar-refractivity contribution in [1.29, 1.82) is 0 Å². The lowest BCUT2D eigenvalue weighted by Gasteiger charge is -2.09. The first-order valence-electron chi connectivity index (χ1n) is 3.52. The van der Waals surface area contributed by atoms with Crippen LogP contribution in [0.15, 0.2) is 21.9 Å². The van der Waals surface area contributed by atoms with E-state index in [1.807, 2.05) is 0 Å². The van der Waals surface area contributed by atoms with Gasteiger partial charge in [0.1, 0.15) is 11.6 Å². The zero-order valence-electron chi connectivity index (χ0n) is 7.36. The average molecular weight is 255 g/mol. The molecule has 1 rings (SSSR count). The van der Waals surface area contributed by atoms with E-state index in [1.165, 1.54) is 0 Å². The predicted octanol–water partition coefficient (Wildman–Crippen LogP) is 0.606. The summed E-state index contributed by atoms with van der Waals surface area (Å²) in [6.07, 6.45) is 0.759. The van der Waals surface area contributed by atoms with E-state index in [0.717, 1.165) is 6.26 Å². The Bertz CT molecular complexity index is 501. The Morgan fingerprint density at radius 3 is 1.93 bits per heavy atom. The first-order chi connectivity index (χ1) is 6.73. The van der Waals surface area contributed by atoms with Crippen LogP contribution in [0.25, 0.3) is 0 Å². The van der Waals surface area contributed by atoms with Crippen LogP contribution < -0.4 is 0 Å². The van der Waals surface area contributed by atoms with E-state index in [9.17, 15) is 26.0 Å². The van der Waals surface area contributed by atoms with Gasteiger partial charge in [-0.15, -0.1) is 0 Å². The molecule has 0 N–H and O–H groups in total. The monoisotopic (exact) mass is 255 g/mol. The van der Waals surface area contributed by atoms with Gasteiger partial charge in [-0.05, 0) is 23.2 Å². The van der Waals surface area contributed by atoms with Gasteiger partial charge in [0.15, 0.2) is 9.84 Å². The lowest BCUT2D eigenvalue weighted by molar-refractivity contribution is 0.491. The lowest BCUT2D eigenvalue weighted by Crippen LogP contribution is -2.04. The number of sulfone groups is 1. The minimum Gasteiger partial charge on any atom is -0.768 e. The van der Waals surface area contributed by atoms with E-state index in [4.69, 9.17) is 0 Å². The van der Waals surface area contributed by atoms with Crippen molar-refractivity contribution < 1.29 is 26.0 Å². The Kier molecular flexibility index (Phi) is 3.22. The number of hydrogen-bond donors (Lipinski definition) is 0. The summed E-state index contributed by atoms with van der Waals surface area (Å²) in [7, 11) is -3.77. The molecule has 0 aliphatic rings. The van der Waals surface area contributed by atoms with Gasteiger partial charge < -0.3 is 4.55 Å². The summed E-state index contributed by atoms with van der Waals surface area (Å²) < 4.78 is 68.6. The van der Waals surface area contributed by atoms with E-state index in [1.54, 1.807) is 0 Å². The topological polar surface area (TPSA) is 74.3 Å². The van der Waals surface area contributed by atoms with Gasteiger partial charge in [-0.25, -0.2) is 17.2 Å². The quantitative estimate of drug-likeness (QED) is 0.725. The maximum atomic E-state index is 13.0. The van der Waals surface area contributed by atoms with Gasteiger partial charge in [0.2, 0.25) is 0 Å². The highest BCUT2D eigenvalue weighted by molar-refractivity contribution is 7.90. The fourth-order valence-electron chi connectivity index (χ4n) is 0.910. The predicted molar refractivity (Wildman–Crippen MR) is 46.7 cm³/mol. The van der Waals surface area contributed by atoms with Gasteiger partial charge >= 0.3 is 0 Å². The number of halogens is 2. The largest absolute Gasteiger partial charge is 0.768 e. The van der Waals surface area contributed by atoms with Crippen LogP contribution in [0.1, 0.15) is 0 Å². The van der Waals surface area contributed by atoms with Gasteiger partial charge in [-0.2, -0.15) is 0 Å². The van der Waals surface area contributed by atoms with Crippen molar-refractivity contribution in [3.05, 3.63) is 23.8 Å². The van der Waals surface area contributed by atoms with Crippen LogP contribution in [-0.2, 0) is 20.9 Å². The number of rotatable bonds is 2. The van der Waals surface area contributed by atoms with Crippen LogP contribution in [0.5, 0.6) is 0 Å². The smallest absolute Gasteiger partial charge is 0.175 e. The third kappa shape index (κ3) is 2.58. The van der Waals surface area contributed by atoms with E-state index < -0.39 is 42.3 Å². The molecule has 0 saturated heterocycles. The molecule has 0 saturated carbocycles. The third-order valence-electron chi connectivity index (χ3n) is 1.57. The van der Waals surface area contributed by atoms with Gasteiger partial charge in [0.05, 0.1) is 9.79 Å². The second-order valence-corrected chi connectivity index (χ2v) is 5.62. The van der Waals surface area contributed by atoms with Crippen molar-refractivity contribution in [3.63, 3.8) is 0 Å². The second-order valence-electron chi connectivity index (χ2n) is 2.72. The minimum absolute atomic E-state index is 0.462. The minimum atomic E-state index is -3.77. The summed E-state index contributed by atoms with van der Waals surface area (Å²) in [5.74, 6) is -2.85. The van der Waals surface area contributed by atoms with E-state index in [-0.39, 0.29) is 0 Å². The average Bonchev–Trinajstić information content (AvgIpc) is 1.99. The molecule has 0 fully saturated rings. The Balaban J connectivity index is 3.52. The highest BCUT2D eigenvalue weighted by Crippen LogP contribution is 2.20. The van der Waals surface area contributed by atoms with Gasteiger partial charge in [-0.1, -0.05) is 0 Å². The summed E-state index contributed by atoms with van der Waals surface area (Å²) in [4.78, 5) is -1.77. The molecular weight excluding hydrogens is 250 g/mol. The summed E-state index contributed by atoms with van der Waals surface area (Å²) in [5, 5.41) is 0. The Morgan fingerprint density at radius 1 is 1.27 bits per heavy atom. The van der Waals surface area contributed by atoms with E-state index >= 15 is 0 Å². The molecule has 0 heterocycles. The van der Waals surface area contributed by atoms with E-state index in [2.05, 4.69) is 0 Å². The van der Waals surface area contributed by atoms with Crippen molar-refractivity contribution in [3.8, 4) is 0 Å². The van der Waals surface area contributed by atoms with Gasteiger partial charge in [-0.3, -0.25) is 4.21 Å². The molecule has 0 bridgehead atoms. The molecule has 1 unspecified atom stereocenters. The highest BCUT2D eigenvalue weighted by atomic mass is 32.2. The molecule has 0 radical (unpaired) electrons. The van der Waals surface area contributed by atoms with Crippen LogP contribution in [0, 0.1) is 11.6 Å². The highest BCUT2D eigenvalue weighted by Gasteiger charge is 2.16. The summed E-state index contributed by atoms with van der Waals surface area (Å²) in [6, 6.07) is 0.924. The van der Waals surface area contributed by atoms with Crippen LogP contribution in [0.2, 0.25) is 0 Å². The fraction of sp³-hybridized carbons (Fsp3) is 0.143. The van der Waals surface area contributed by atoms with Crippen LogP contribution in [-0.4, -0.2) is 23.4 Å². The van der Waals surface area contributed by atoms with Gasteiger partial charge in [0, 0.05) is 6.26 Å². The molecule has 1 aromatic carbocycles. The standard InChI is InChI=1S/C7H6F2O4S2/c1-15(12,13)4-2-5(8)7(14(10)11)6(9)3-4/h2-3H,1H3,(H,10,11)/p-1. The molecule has 15 heavy (non-hydrogen) atoms. The van der Waals surface area contributed by atoms with Crippen molar-refractivity contribution >= 4 is 20.9 Å². The van der Waals surface area contributed by atoms with E-state index in [0.29, 0.717) is 12.1 Å². The Labute approximate surface area is 87.1 Å². The first-order valence-corrected chi connectivity index (χ1v) is 6.48. The molecular formula is C7H5F2O4S2-. The van der Waals surface area contributed by atoms with Crippen molar-refractivity contribution in [2.24, 2.45) is 0 Å². The first kappa shape index (κ1) is 12.2. The molecule has 0 spiro atoms. The number of benzene rings is 1. The molecule has 0 aliphatic heterocycles. The Hall–Kier alpha value is -0.860. The molecule has 84 valence electrons. The Morgan fingerprint density at radius 2 is 1.67 bits per heavy atom. The molecule has 0 aromatic heterocycles. The molecule has 1 aromatic rings. The molecule has 0 aliphatic carbocycles. The van der Waals surface area contributed by atoms with Crippen molar-refractivity contribution in [2.75, 3.05) is 6.26 Å². The van der Waals surface area contributed by atoms with Crippen molar-refractivity contribution in [1.82, 2.24) is 0 Å². The zero-order valence-corrected chi connectivity index (χ0v) is 8.99. The summed E-state index contributed by atoms with van der Waals surface area (Å²) in [5.41, 5.74) is 0. The lowest BCUT2D eigenvalue weighted by atomic mass is 10.3. The van der Waals surface area contributed by atoms with Crippen LogP contribution >= 0.6 is 0 Å². The third-order valence-corrected chi connectivity index (χ3v) is 3.38. The molecule has 1 atom stereocenters. The molecule has 4 nitrogen and oxygen atoms in total. The normalized spacial score (nSPS) is 13.9. The fourth-order valence-corrected chi connectivity index (χ4v) is 1.98. The number of hydrogen-bond acceptors (Lipinski definition) is 4. The maximum absolute atomic E-state index is 13.0. The molecule has 8 heteroatoms. The van der Waals surface area contributed by atoms with Crippen LogP contribution in [0.4, 0.5) is 8.78 Å². The molecule has 0 amide bonds.